The predicted octanol–water partition coefficient (Wildman–Crippen LogP) is 0.737. The lowest BCUT2D eigenvalue weighted by molar-refractivity contribution is 0.416. The van der Waals surface area contributed by atoms with Gasteiger partial charge in [-0.15, -0.1) is 12.4 Å². The van der Waals surface area contributed by atoms with Crippen LogP contribution < -0.4 is 0 Å². The van der Waals surface area contributed by atoms with Crippen molar-refractivity contribution in [2.45, 2.75) is 11.8 Å². The van der Waals surface area contributed by atoms with Gasteiger partial charge in [0.2, 0.25) is 10.0 Å². The average Bonchev–Trinajstić information content (AvgIpc) is 2.55. The maximum absolute atomic E-state index is 11.5. The molecule has 0 saturated carbocycles. The summed E-state index contributed by atoms with van der Waals surface area (Å²) in [7, 11) is -1.87. The lowest BCUT2D eigenvalue weighted by Gasteiger charge is -2.11. The van der Waals surface area contributed by atoms with E-state index in [1.165, 1.54) is 17.5 Å². The van der Waals surface area contributed by atoms with Gasteiger partial charge in [-0.3, -0.25) is 0 Å². The maximum Gasteiger partial charge on any atom is 0.247 e. The van der Waals surface area contributed by atoms with Crippen molar-refractivity contribution in [3.8, 4) is 0 Å². The van der Waals surface area contributed by atoms with Crippen LogP contribution in [0.4, 0.5) is 0 Å². The van der Waals surface area contributed by atoms with Crippen LogP contribution in [0.5, 0.6) is 0 Å². The molecule has 1 aromatic rings. The molecule has 0 saturated heterocycles. The summed E-state index contributed by atoms with van der Waals surface area (Å²) < 4.78 is 28.6. The molecule has 0 amide bonds. The van der Waals surface area contributed by atoms with Crippen LogP contribution in [0.1, 0.15) is 6.92 Å². The number of halogens is 1. The summed E-state index contributed by atoms with van der Waals surface area (Å²) in [6.07, 6.45) is 2.29. The van der Waals surface area contributed by atoms with E-state index in [1.54, 1.807) is 6.92 Å². The smallest absolute Gasteiger partial charge is 0.247 e. The maximum atomic E-state index is 11.5. The second-order valence-electron chi connectivity index (χ2n) is 2.28. The summed E-state index contributed by atoms with van der Waals surface area (Å²) in [6.45, 7) is 2.18. The van der Waals surface area contributed by atoms with Gasteiger partial charge in [0, 0.05) is 13.6 Å². The highest BCUT2D eigenvalue weighted by Gasteiger charge is 2.20. The molecule has 1 heterocycles. The zero-order valence-corrected chi connectivity index (χ0v) is 8.93. The fraction of sp³-hybridized carbons (Fsp3) is 0.500. The van der Waals surface area contributed by atoms with Crippen LogP contribution in [0.3, 0.4) is 0 Å². The molecule has 13 heavy (non-hydrogen) atoms. The van der Waals surface area contributed by atoms with Crippen LogP contribution in [0, 0.1) is 0 Å². The standard InChI is InChI=1S/C6H10N2O3S.ClH/c1-3-8(2)12(9,10)6-4-7-11-5-6;/h4-5H,3H2,1-2H3;1H. The molecule has 0 aliphatic heterocycles. The summed E-state index contributed by atoms with van der Waals surface area (Å²) in [6, 6.07) is 0. The molecule has 1 rings (SSSR count). The van der Waals surface area contributed by atoms with E-state index in [1.807, 2.05) is 0 Å². The molecule has 0 aliphatic rings. The molecular formula is C6H11ClN2O3S. The first-order valence-corrected chi connectivity index (χ1v) is 4.88. The molecule has 0 aliphatic carbocycles. The Labute approximate surface area is 83.2 Å². The van der Waals surface area contributed by atoms with Crippen LogP contribution in [-0.4, -0.2) is 31.5 Å². The van der Waals surface area contributed by atoms with Crippen LogP contribution >= 0.6 is 12.4 Å². The van der Waals surface area contributed by atoms with Gasteiger partial charge in [0.25, 0.3) is 0 Å². The highest BCUT2D eigenvalue weighted by atomic mass is 35.5. The number of nitrogens with zero attached hydrogens (tertiary/aromatic N) is 2. The largest absolute Gasteiger partial charge is 0.363 e. The number of hydrogen-bond donors (Lipinski definition) is 0. The SMILES string of the molecule is CCN(C)S(=O)(=O)c1cnoc1.Cl. The second-order valence-corrected chi connectivity index (χ2v) is 4.32. The van der Waals surface area contributed by atoms with Crippen molar-refractivity contribution in [3.05, 3.63) is 12.5 Å². The van der Waals surface area contributed by atoms with Gasteiger partial charge < -0.3 is 4.52 Å². The van der Waals surface area contributed by atoms with Crippen molar-refractivity contribution in [1.82, 2.24) is 9.46 Å². The quantitative estimate of drug-likeness (QED) is 0.763. The van der Waals surface area contributed by atoms with Crippen LogP contribution in [0.15, 0.2) is 21.9 Å². The third-order valence-electron chi connectivity index (χ3n) is 1.56. The zero-order chi connectivity index (χ0) is 9.19. The summed E-state index contributed by atoms with van der Waals surface area (Å²) in [5, 5.41) is 3.32. The summed E-state index contributed by atoms with van der Waals surface area (Å²) in [5.41, 5.74) is 0. The molecule has 1 aromatic heterocycles. The van der Waals surface area contributed by atoms with Gasteiger partial charge in [-0.05, 0) is 0 Å². The second kappa shape index (κ2) is 4.59. The molecule has 0 bridgehead atoms. The Kier molecular flexibility index (Phi) is 4.38. The van der Waals surface area contributed by atoms with E-state index in [-0.39, 0.29) is 17.3 Å². The Morgan fingerprint density at radius 2 is 2.23 bits per heavy atom. The number of sulfonamides is 1. The Bertz CT molecular complexity index is 335. The predicted molar refractivity (Wildman–Crippen MR) is 49.2 cm³/mol. The van der Waals surface area contributed by atoms with Gasteiger partial charge in [0.1, 0.15) is 11.2 Å². The van der Waals surface area contributed by atoms with E-state index in [0.717, 1.165) is 6.26 Å². The summed E-state index contributed by atoms with van der Waals surface area (Å²) in [4.78, 5) is 0.0897. The van der Waals surface area contributed by atoms with Crippen LogP contribution in [0.2, 0.25) is 0 Å². The lowest BCUT2D eigenvalue weighted by atomic mass is 10.8. The Balaban J connectivity index is 0.00000144. The molecule has 0 N–H and O–H groups in total. The van der Waals surface area contributed by atoms with E-state index in [9.17, 15) is 8.42 Å². The number of aromatic nitrogens is 1. The molecule has 0 aromatic carbocycles. The molecule has 76 valence electrons. The molecule has 0 atom stereocenters. The number of rotatable bonds is 3. The van der Waals surface area contributed by atoms with Crippen molar-refractivity contribution in [3.63, 3.8) is 0 Å². The van der Waals surface area contributed by atoms with Crippen molar-refractivity contribution in [2.75, 3.05) is 13.6 Å². The minimum Gasteiger partial charge on any atom is -0.363 e. The van der Waals surface area contributed by atoms with Gasteiger partial charge in [-0.25, -0.2) is 12.7 Å². The topological polar surface area (TPSA) is 63.4 Å². The normalized spacial score (nSPS) is 11.3. The Morgan fingerprint density at radius 3 is 2.62 bits per heavy atom. The minimum absolute atomic E-state index is 0. The molecule has 0 radical (unpaired) electrons. The first-order chi connectivity index (χ1) is 5.59. The van der Waals surface area contributed by atoms with E-state index in [0.29, 0.717) is 6.54 Å². The van der Waals surface area contributed by atoms with Gasteiger partial charge in [-0.1, -0.05) is 12.1 Å². The average molecular weight is 227 g/mol. The van der Waals surface area contributed by atoms with E-state index >= 15 is 0 Å². The first-order valence-electron chi connectivity index (χ1n) is 3.44. The van der Waals surface area contributed by atoms with E-state index in [2.05, 4.69) is 9.68 Å². The van der Waals surface area contributed by atoms with Crippen molar-refractivity contribution < 1.29 is 12.9 Å². The highest BCUT2D eigenvalue weighted by Crippen LogP contribution is 2.11. The zero-order valence-electron chi connectivity index (χ0n) is 7.30. The van der Waals surface area contributed by atoms with Gasteiger partial charge in [0.15, 0.2) is 0 Å². The highest BCUT2D eigenvalue weighted by molar-refractivity contribution is 7.89. The van der Waals surface area contributed by atoms with E-state index in [4.69, 9.17) is 0 Å². The molecule has 0 fully saturated rings. The minimum atomic E-state index is -3.37. The molecule has 0 spiro atoms. The Hall–Kier alpha value is -0.590. The Morgan fingerprint density at radius 1 is 1.62 bits per heavy atom. The van der Waals surface area contributed by atoms with Gasteiger partial charge >= 0.3 is 0 Å². The lowest BCUT2D eigenvalue weighted by Crippen LogP contribution is -2.26. The van der Waals surface area contributed by atoms with Crippen molar-refractivity contribution in [1.29, 1.82) is 0 Å². The van der Waals surface area contributed by atoms with Crippen LogP contribution in [-0.2, 0) is 10.0 Å². The van der Waals surface area contributed by atoms with E-state index < -0.39 is 10.0 Å². The fourth-order valence-electron chi connectivity index (χ4n) is 0.672. The summed E-state index contributed by atoms with van der Waals surface area (Å²) >= 11 is 0. The fourth-order valence-corrected chi connectivity index (χ4v) is 1.71. The van der Waals surface area contributed by atoms with Gasteiger partial charge in [0.05, 0.1) is 6.20 Å². The van der Waals surface area contributed by atoms with Crippen LogP contribution in [0.25, 0.3) is 0 Å². The number of hydrogen-bond acceptors (Lipinski definition) is 4. The monoisotopic (exact) mass is 226 g/mol. The third kappa shape index (κ3) is 2.43. The molecular weight excluding hydrogens is 216 g/mol. The first kappa shape index (κ1) is 12.4. The third-order valence-corrected chi connectivity index (χ3v) is 3.44. The van der Waals surface area contributed by atoms with Crippen molar-refractivity contribution in [2.24, 2.45) is 0 Å². The molecule has 5 nitrogen and oxygen atoms in total. The van der Waals surface area contributed by atoms with Gasteiger partial charge in [-0.2, -0.15) is 0 Å². The summed E-state index contributed by atoms with van der Waals surface area (Å²) in [5.74, 6) is 0. The molecule has 7 heteroatoms. The molecule has 0 unspecified atom stereocenters. The van der Waals surface area contributed by atoms with Crippen molar-refractivity contribution >= 4 is 22.4 Å².